The van der Waals surface area contributed by atoms with Crippen LogP contribution in [0.4, 0.5) is 5.82 Å². The molecule has 2 atom stereocenters. The summed E-state index contributed by atoms with van der Waals surface area (Å²) in [5, 5.41) is 4.70. The third-order valence-electron chi connectivity index (χ3n) is 3.80. The van der Waals surface area contributed by atoms with Crippen molar-refractivity contribution in [3.63, 3.8) is 0 Å². The van der Waals surface area contributed by atoms with Crippen molar-refractivity contribution in [1.82, 2.24) is 4.98 Å². The van der Waals surface area contributed by atoms with Crippen molar-refractivity contribution in [1.29, 1.82) is 0 Å². The molecule has 2 aromatic rings. The Kier molecular flexibility index (Phi) is 3.38. The van der Waals surface area contributed by atoms with Gasteiger partial charge < -0.3 is 10.1 Å². The summed E-state index contributed by atoms with van der Waals surface area (Å²) in [6, 6.07) is 10.7. The summed E-state index contributed by atoms with van der Waals surface area (Å²) in [7, 11) is 0. The van der Waals surface area contributed by atoms with Crippen LogP contribution in [0.1, 0.15) is 25.3 Å². The van der Waals surface area contributed by atoms with Crippen molar-refractivity contribution in [3.05, 3.63) is 35.9 Å². The summed E-state index contributed by atoms with van der Waals surface area (Å²) in [6.45, 7) is 5.16. The highest BCUT2D eigenvalue weighted by Gasteiger charge is 2.22. The number of fused-ring (bicyclic) bond motifs is 1. The molecule has 0 spiro atoms. The molecule has 1 N–H and O–H groups in total. The van der Waals surface area contributed by atoms with Gasteiger partial charge in [0.2, 0.25) is 0 Å². The van der Waals surface area contributed by atoms with E-state index in [2.05, 4.69) is 37.4 Å². The molecule has 1 aliphatic heterocycles. The number of nitrogens with one attached hydrogen (secondary N) is 1. The van der Waals surface area contributed by atoms with E-state index in [0.29, 0.717) is 12.1 Å². The van der Waals surface area contributed by atoms with E-state index in [0.717, 1.165) is 24.4 Å². The molecule has 19 heavy (non-hydrogen) atoms. The molecule has 1 aliphatic rings. The number of benzene rings is 1. The van der Waals surface area contributed by atoms with E-state index in [1.54, 1.807) is 0 Å². The third-order valence-corrected chi connectivity index (χ3v) is 3.80. The lowest BCUT2D eigenvalue weighted by molar-refractivity contribution is 0.0995. The van der Waals surface area contributed by atoms with Gasteiger partial charge in [0, 0.05) is 12.0 Å². The van der Waals surface area contributed by atoms with Gasteiger partial charge in [-0.05, 0) is 44.4 Å². The van der Waals surface area contributed by atoms with Crippen LogP contribution in [0.2, 0.25) is 0 Å². The van der Waals surface area contributed by atoms with Crippen LogP contribution in [0.25, 0.3) is 10.9 Å². The Hall–Kier alpha value is -1.61. The van der Waals surface area contributed by atoms with E-state index in [1.165, 1.54) is 17.4 Å². The standard InChI is InChI=1S/C16H20N2O/c1-11-10-13-6-3-4-7-14(13)18-16(11)17-12(2)15-8-5-9-19-15/h3-4,6-7,10,12,15H,5,8-9H2,1-2H3,(H,17,18). The molecule has 1 saturated heterocycles. The highest BCUT2D eigenvalue weighted by Crippen LogP contribution is 2.23. The van der Waals surface area contributed by atoms with Gasteiger partial charge in [-0.25, -0.2) is 4.98 Å². The maximum atomic E-state index is 5.72. The fourth-order valence-electron chi connectivity index (χ4n) is 2.67. The maximum absolute atomic E-state index is 5.72. The Morgan fingerprint density at radius 2 is 2.21 bits per heavy atom. The number of ether oxygens (including phenoxy) is 1. The summed E-state index contributed by atoms with van der Waals surface area (Å²) in [4.78, 5) is 4.72. The van der Waals surface area contributed by atoms with Crippen molar-refractivity contribution in [3.8, 4) is 0 Å². The molecule has 3 nitrogen and oxygen atoms in total. The SMILES string of the molecule is Cc1cc2ccccc2nc1NC(C)C1CCCO1. The predicted molar refractivity (Wildman–Crippen MR) is 78.5 cm³/mol. The number of hydrogen-bond acceptors (Lipinski definition) is 3. The second kappa shape index (κ2) is 5.17. The van der Waals surface area contributed by atoms with Gasteiger partial charge in [0.1, 0.15) is 5.82 Å². The Morgan fingerprint density at radius 1 is 1.37 bits per heavy atom. The maximum Gasteiger partial charge on any atom is 0.129 e. The van der Waals surface area contributed by atoms with Gasteiger partial charge in [-0.2, -0.15) is 0 Å². The van der Waals surface area contributed by atoms with Crippen molar-refractivity contribution < 1.29 is 4.74 Å². The minimum Gasteiger partial charge on any atom is -0.376 e. The smallest absolute Gasteiger partial charge is 0.129 e. The van der Waals surface area contributed by atoms with Crippen LogP contribution in [-0.2, 0) is 4.74 Å². The first-order valence-corrected chi connectivity index (χ1v) is 6.98. The number of pyridine rings is 1. The average molecular weight is 256 g/mol. The Balaban J connectivity index is 1.85. The van der Waals surface area contributed by atoms with Crippen molar-refractivity contribution in [2.45, 2.75) is 38.8 Å². The van der Waals surface area contributed by atoms with Crippen LogP contribution >= 0.6 is 0 Å². The molecule has 2 unspecified atom stereocenters. The van der Waals surface area contributed by atoms with Crippen LogP contribution in [-0.4, -0.2) is 23.7 Å². The first kappa shape index (κ1) is 12.4. The highest BCUT2D eigenvalue weighted by atomic mass is 16.5. The summed E-state index contributed by atoms with van der Waals surface area (Å²) < 4.78 is 5.72. The fourth-order valence-corrected chi connectivity index (χ4v) is 2.67. The second-order valence-electron chi connectivity index (χ2n) is 5.33. The van der Waals surface area contributed by atoms with Crippen molar-refractivity contribution in [2.24, 2.45) is 0 Å². The molecule has 1 aromatic heterocycles. The quantitative estimate of drug-likeness (QED) is 0.912. The molecular formula is C16H20N2O. The fraction of sp³-hybridized carbons (Fsp3) is 0.438. The number of aromatic nitrogens is 1. The first-order valence-electron chi connectivity index (χ1n) is 6.98. The molecule has 1 fully saturated rings. The van der Waals surface area contributed by atoms with Gasteiger partial charge in [-0.3, -0.25) is 0 Å². The Morgan fingerprint density at radius 3 is 3.00 bits per heavy atom. The van der Waals surface area contributed by atoms with E-state index >= 15 is 0 Å². The average Bonchev–Trinajstić information content (AvgIpc) is 2.93. The zero-order valence-corrected chi connectivity index (χ0v) is 11.5. The van der Waals surface area contributed by atoms with Crippen molar-refractivity contribution in [2.75, 3.05) is 11.9 Å². The number of aryl methyl sites for hydroxylation is 1. The van der Waals surface area contributed by atoms with Gasteiger partial charge in [-0.15, -0.1) is 0 Å². The van der Waals surface area contributed by atoms with E-state index in [4.69, 9.17) is 9.72 Å². The molecule has 100 valence electrons. The predicted octanol–water partition coefficient (Wildman–Crippen LogP) is 3.52. The highest BCUT2D eigenvalue weighted by molar-refractivity contribution is 5.81. The molecule has 0 aliphatic carbocycles. The minimum atomic E-state index is 0.301. The lowest BCUT2D eigenvalue weighted by atomic mass is 10.1. The van der Waals surface area contributed by atoms with Gasteiger partial charge >= 0.3 is 0 Å². The van der Waals surface area contributed by atoms with E-state index in [-0.39, 0.29) is 0 Å². The number of anilines is 1. The van der Waals surface area contributed by atoms with Crippen LogP contribution in [0.15, 0.2) is 30.3 Å². The second-order valence-corrected chi connectivity index (χ2v) is 5.33. The van der Waals surface area contributed by atoms with Gasteiger partial charge in [0.05, 0.1) is 17.7 Å². The van der Waals surface area contributed by atoms with Gasteiger partial charge in [-0.1, -0.05) is 18.2 Å². The molecule has 2 heterocycles. The topological polar surface area (TPSA) is 34.2 Å². The lowest BCUT2D eigenvalue weighted by Crippen LogP contribution is -2.30. The summed E-state index contributed by atoms with van der Waals surface area (Å²) >= 11 is 0. The molecule has 3 rings (SSSR count). The van der Waals surface area contributed by atoms with Crippen LogP contribution in [0.5, 0.6) is 0 Å². The summed E-state index contributed by atoms with van der Waals surface area (Å²) in [6.07, 6.45) is 2.62. The monoisotopic (exact) mass is 256 g/mol. The molecule has 0 radical (unpaired) electrons. The van der Waals surface area contributed by atoms with Crippen LogP contribution in [0, 0.1) is 6.92 Å². The molecule has 3 heteroatoms. The van der Waals surface area contributed by atoms with Crippen LogP contribution < -0.4 is 5.32 Å². The number of rotatable bonds is 3. The Labute approximate surface area is 114 Å². The van der Waals surface area contributed by atoms with Crippen LogP contribution in [0.3, 0.4) is 0 Å². The minimum absolute atomic E-state index is 0.301. The van der Waals surface area contributed by atoms with E-state index < -0.39 is 0 Å². The van der Waals surface area contributed by atoms with Gasteiger partial charge in [0.25, 0.3) is 0 Å². The van der Waals surface area contributed by atoms with E-state index in [1.807, 2.05) is 12.1 Å². The normalized spacial score (nSPS) is 20.6. The number of hydrogen-bond donors (Lipinski definition) is 1. The van der Waals surface area contributed by atoms with E-state index in [9.17, 15) is 0 Å². The molecule has 0 amide bonds. The molecule has 0 bridgehead atoms. The first-order chi connectivity index (χ1) is 9.24. The lowest BCUT2D eigenvalue weighted by Gasteiger charge is -2.21. The number of para-hydroxylation sites is 1. The molecule has 0 saturated carbocycles. The van der Waals surface area contributed by atoms with Gasteiger partial charge in [0.15, 0.2) is 0 Å². The largest absolute Gasteiger partial charge is 0.376 e. The summed E-state index contributed by atoms with van der Waals surface area (Å²) in [5.41, 5.74) is 2.22. The van der Waals surface area contributed by atoms with Crippen molar-refractivity contribution >= 4 is 16.7 Å². The molecular weight excluding hydrogens is 236 g/mol. The zero-order chi connectivity index (χ0) is 13.2. The Bertz CT molecular complexity index is 576. The third kappa shape index (κ3) is 2.56. The zero-order valence-electron chi connectivity index (χ0n) is 11.5. The summed E-state index contributed by atoms with van der Waals surface area (Å²) in [5.74, 6) is 0.974. The molecule has 1 aromatic carbocycles. The number of nitrogens with zero attached hydrogens (tertiary/aromatic N) is 1.